The molecule has 1 aliphatic rings. The number of amides is 2. The standard InChI is InChI=1S/C25H26N2O2/c1-16(2)24(27-22(28)15-17-7-4-3-5-8-17)25(29)26-21-14-13-19-12-11-18-9-6-10-20(21)23(18)19/h3-10,13-14,16,24H,11-12,15H2,1-2H3,(H,26,29)(H,27,28). The second-order valence-electron chi connectivity index (χ2n) is 8.05. The molecule has 0 saturated carbocycles. The minimum atomic E-state index is -0.589. The van der Waals surface area contributed by atoms with Crippen LogP contribution in [0.25, 0.3) is 10.8 Å². The molecule has 1 aliphatic carbocycles. The third kappa shape index (κ3) is 4.02. The van der Waals surface area contributed by atoms with Crippen molar-refractivity contribution >= 4 is 28.3 Å². The number of hydrogen-bond donors (Lipinski definition) is 2. The fourth-order valence-corrected chi connectivity index (χ4v) is 4.11. The van der Waals surface area contributed by atoms with Crippen molar-refractivity contribution in [3.05, 3.63) is 77.4 Å². The summed E-state index contributed by atoms with van der Waals surface area (Å²) in [6, 6.07) is 19.3. The van der Waals surface area contributed by atoms with Gasteiger partial charge in [-0.3, -0.25) is 9.59 Å². The molecule has 29 heavy (non-hydrogen) atoms. The van der Waals surface area contributed by atoms with E-state index in [1.807, 2.05) is 56.3 Å². The summed E-state index contributed by atoms with van der Waals surface area (Å²) in [5.74, 6) is -0.350. The number of hydrogen-bond acceptors (Lipinski definition) is 2. The minimum Gasteiger partial charge on any atom is -0.344 e. The number of aryl methyl sites for hydroxylation is 2. The van der Waals surface area contributed by atoms with E-state index in [9.17, 15) is 9.59 Å². The van der Waals surface area contributed by atoms with Gasteiger partial charge in [0.05, 0.1) is 6.42 Å². The Morgan fingerprint density at radius 2 is 1.62 bits per heavy atom. The fourth-order valence-electron chi connectivity index (χ4n) is 4.11. The first kappa shape index (κ1) is 19.2. The third-order valence-corrected chi connectivity index (χ3v) is 5.61. The Morgan fingerprint density at radius 1 is 0.897 bits per heavy atom. The van der Waals surface area contributed by atoms with Crippen LogP contribution in [-0.4, -0.2) is 17.9 Å². The van der Waals surface area contributed by atoms with E-state index in [-0.39, 0.29) is 24.2 Å². The molecule has 0 fully saturated rings. The summed E-state index contributed by atoms with van der Waals surface area (Å²) >= 11 is 0. The van der Waals surface area contributed by atoms with Crippen LogP contribution in [0.2, 0.25) is 0 Å². The molecule has 0 aromatic heterocycles. The molecule has 148 valence electrons. The summed E-state index contributed by atoms with van der Waals surface area (Å²) in [6.45, 7) is 3.89. The lowest BCUT2D eigenvalue weighted by molar-refractivity contribution is -0.127. The Kier molecular flexibility index (Phi) is 5.34. The third-order valence-electron chi connectivity index (χ3n) is 5.61. The molecule has 3 aromatic rings. The molecule has 0 spiro atoms. The predicted octanol–water partition coefficient (Wildman–Crippen LogP) is 4.26. The van der Waals surface area contributed by atoms with Crippen LogP contribution in [0.3, 0.4) is 0 Å². The zero-order valence-corrected chi connectivity index (χ0v) is 16.9. The number of rotatable bonds is 6. The van der Waals surface area contributed by atoms with E-state index in [4.69, 9.17) is 0 Å². The van der Waals surface area contributed by atoms with Crippen molar-refractivity contribution in [2.24, 2.45) is 5.92 Å². The van der Waals surface area contributed by atoms with Crippen molar-refractivity contribution in [1.29, 1.82) is 0 Å². The molecule has 1 atom stereocenters. The number of carbonyl (C=O) groups is 2. The van der Waals surface area contributed by atoms with Crippen LogP contribution in [0.4, 0.5) is 5.69 Å². The lowest BCUT2D eigenvalue weighted by Crippen LogP contribution is -2.47. The zero-order chi connectivity index (χ0) is 20.4. The number of anilines is 1. The molecule has 2 N–H and O–H groups in total. The minimum absolute atomic E-state index is 0.0218. The van der Waals surface area contributed by atoms with E-state index >= 15 is 0 Å². The zero-order valence-electron chi connectivity index (χ0n) is 16.9. The summed E-state index contributed by atoms with van der Waals surface area (Å²) in [6.07, 6.45) is 2.36. The van der Waals surface area contributed by atoms with Gasteiger partial charge in [-0.25, -0.2) is 0 Å². The molecule has 3 aromatic carbocycles. The Labute approximate surface area is 171 Å². The molecule has 0 saturated heterocycles. The van der Waals surface area contributed by atoms with Crippen molar-refractivity contribution in [3.8, 4) is 0 Å². The van der Waals surface area contributed by atoms with Gasteiger partial charge in [0.2, 0.25) is 11.8 Å². The summed E-state index contributed by atoms with van der Waals surface area (Å²) < 4.78 is 0. The SMILES string of the molecule is CC(C)C(NC(=O)Cc1ccccc1)C(=O)Nc1ccc2c3c(cccc13)CC2. The van der Waals surface area contributed by atoms with Crippen LogP contribution in [-0.2, 0) is 28.9 Å². The highest BCUT2D eigenvalue weighted by Gasteiger charge is 2.25. The molecule has 0 heterocycles. The quantitative estimate of drug-likeness (QED) is 0.665. The van der Waals surface area contributed by atoms with Crippen LogP contribution < -0.4 is 10.6 Å². The van der Waals surface area contributed by atoms with Gasteiger partial charge in [0.25, 0.3) is 0 Å². The summed E-state index contributed by atoms with van der Waals surface area (Å²) in [4.78, 5) is 25.5. The van der Waals surface area contributed by atoms with Crippen molar-refractivity contribution in [1.82, 2.24) is 5.32 Å². The second-order valence-corrected chi connectivity index (χ2v) is 8.05. The maximum Gasteiger partial charge on any atom is 0.247 e. The van der Waals surface area contributed by atoms with Gasteiger partial charge in [-0.1, -0.05) is 68.4 Å². The summed E-state index contributed by atoms with van der Waals surface area (Å²) in [5, 5.41) is 8.32. The van der Waals surface area contributed by atoms with Crippen molar-refractivity contribution in [2.45, 2.75) is 39.2 Å². The van der Waals surface area contributed by atoms with Crippen LogP contribution in [0, 0.1) is 5.92 Å². The first-order valence-electron chi connectivity index (χ1n) is 10.2. The Bertz CT molecular complexity index is 1050. The Balaban J connectivity index is 1.51. The molecular formula is C25H26N2O2. The van der Waals surface area contributed by atoms with Crippen LogP contribution >= 0.6 is 0 Å². The molecule has 4 nitrogen and oxygen atoms in total. The van der Waals surface area contributed by atoms with Gasteiger partial charge in [-0.05, 0) is 46.9 Å². The van der Waals surface area contributed by atoms with E-state index in [1.165, 1.54) is 16.5 Å². The number of carbonyl (C=O) groups excluding carboxylic acids is 2. The van der Waals surface area contributed by atoms with Crippen LogP contribution in [0.15, 0.2) is 60.7 Å². The highest BCUT2D eigenvalue weighted by atomic mass is 16.2. The molecule has 4 rings (SSSR count). The van der Waals surface area contributed by atoms with Crippen molar-refractivity contribution in [2.75, 3.05) is 5.32 Å². The highest BCUT2D eigenvalue weighted by molar-refractivity contribution is 6.07. The second kappa shape index (κ2) is 8.08. The Morgan fingerprint density at radius 3 is 2.34 bits per heavy atom. The lowest BCUT2D eigenvalue weighted by atomic mass is 10.0. The smallest absolute Gasteiger partial charge is 0.247 e. The average molecular weight is 386 g/mol. The summed E-state index contributed by atoms with van der Waals surface area (Å²) in [5.41, 5.74) is 4.41. The monoisotopic (exact) mass is 386 g/mol. The van der Waals surface area contributed by atoms with Gasteiger partial charge in [0, 0.05) is 11.1 Å². The summed E-state index contributed by atoms with van der Waals surface area (Å²) in [7, 11) is 0. The molecule has 0 bridgehead atoms. The van der Waals surface area contributed by atoms with E-state index in [0.717, 1.165) is 29.5 Å². The number of nitrogens with one attached hydrogen (secondary N) is 2. The largest absolute Gasteiger partial charge is 0.344 e. The average Bonchev–Trinajstić information content (AvgIpc) is 3.13. The van der Waals surface area contributed by atoms with E-state index in [2.05, 4.69) is 28.8 Å². The first-order chi connectivity index (χ1) is 14.0. The maximum absolute atomic E-state index is 13.0. The molecular weight excluding hydrogens is 360 g/mol. The molecule has 0 aliphatic heterocycles. The van der Waals surface area contributed by atoms with Gasteiger partial charge in [-0.2, -0.15) is 0 Å². The van der Waals surface area contributed by atoms with Crippen LogP contribution in [0.1, 0.15) is 30.5 Å². The van der Waals surface area contributed by atoms with E-state index in [0.29, 0.717) is 0 Å². The maximum atomic E-state index is 13.0. The number of benzene rings is 3. The van der Waals surface area contributed by atoms with Gasteiger partial charge in [-0.15, -0.1) is 0 Å². The molecule has 4 heteroatoms. The molecule has 1 unspecified atom stereocenters. The fraction of sp³-hybridized carbons (Fsp3) is 0.280. The van der Waals surface area contributed by atoms with E-state index in [1.54, 1.807) is 0 Å². The van der Waals surface area contributed by atoms with E-state index < -0.39 is 6.04 Å². The van der Waals surface area contributed by atoms with Crippen molar-refractivity contribution < 1.29 is 9.59 Å². The highest BCUT2D eigenvalue weighted by Crippen LogP contribution is 2.35. The van der Waals surface area contributed by atoms with Gasteiger partial charge < -0.3 is 10.6 Å². The first-order valence-corrected chi connectivity index (χ1v) is 10.2. The van der Waals surface area contributed by atoms with Gasteiger partial charge in [0.15, 0.2) is 0 Å². The lowest BCUT2D eigenvalue weighted by Gasteiger charge is -2.22. The van der Waals surface area contributed by atoms with Crippen molar-refractivity contribution in [3.63, 3.8) is 0 Å². The van der Waals surface area contributed by atoms with Gasteiger partial charge >= 0.3 is 0 Å². The normalized spacial score (nSPS) is 13.5. The Hall–Kier alpha value is -3.14. The van der Waals surface area contributed by atoms with Crippen LogP contribution in [0.5, 0.6) is 0 Å². The predicted molar refractivity (Wildman–Crippen MR) is 117 cm³/mol. The molecule has 2 amide bonds. The molecule has 0 radical (unpaired) electrons. The topological polar surface area (TPSA) is 58.2 Å². The van der Waals surface area contributed by atoms with Gasteiger partial charge in [0.1, 0.15) is 6.04 Å².